The molecule has 7 heteroatoms. The van der Waals surface area contributed by atoms with E-state index in [1.807, 2.05) is 0 Å². The van der Waals surface area contributed by atoms with Crippen LogP contribution in [0.3, 0.4) is 0 Å². The van der Waals surface area contributed by atoms with Crippen molar-refractivity contribution < 1.29 is 14.8 Å². The van der Waals surface area contributed by atoms with Crippen LogP contribution >= 0.6 is 0 Å². The second kappa shape index (κ2) is 7.44. The SMILES string of the molecule is CNC(=O)c1ccc([N+](=O)[O-])c(NCCCC(C)O)c1. The summed E-state index contributed by atoms with van der Waals surface area (Å²) in [5, 5.41) is 25.5. The van der Waals surface area contributed by atoms with Crippen LogP contribution in [-0.2, 0) is 0 Å². The number of nitrogens with one attached hydrogen (secondary N) is 2. The molecule has 1 rings (SSSR count). The summed E-state index contributed by atoms with van der Waals surface area (Å²) in [6, 6.07) is 4.18. The van der Waals surface area contributed by atoms with E-state index in [0.29, 0.717) is 30.6 Å². The maximum absolute atomic E-state index is 11.5. The monoisotopic (exact) mass is 281 g/mol. The number of amides is 1. The van der Waals surface area contributed by atoms with Crippen LogP contribution in [0.15, 0.2) is 18.2 Å². The normalized spacial score (nSPS) is 11.8. The molecule has 0 fully saturated rings. The van der Waals surface area contributed by atoms with Crippen LogP contribution in [-0.4, -0.2) is 35.6 Å². The highest BCUT2D eigenvalue weighted by molar-refractivity contribution is 5.95. The second-order valence-electron chi connectivity index (χ2n) is 4.49. The van der Waals surface area contributed by atoms with E-state index in [2.05, 4.69) is 10.6 Å². The first-order valence-electron chi connectivity index (χ1n) is 6.38. The average Bonchev–Trinajstić information content (AvgIpc) is 2.42. The summed E-state index contributed by atoms with van der Waals surface area (Å²) < 4.78 is 0. The fourth-order valence-corrected chi connectivity index (χ4v) is 1.74. The van der Waals surface area contributed by atoms with Gasteiger partial charge in [-0.25, -0.2) is 0 Å². The second-order valence-corrected chi connectivity index (χ2v) is 4.49. The van der Waals surface area contributed by atoms with E-state index in [1.54, 1.807) is 6.92 Å². The van der Waals surface area contributed by atoms with Gasteiger partial charge in [0.1, 0.15) is 5.69 Å². The van der Waals surface area contributed by atoms with E-state index >= 15 is 0 Å². The average molecular weight is 281 g/mol. The Morgan fingerprint density at radius 1 is 1.50 bits per heavy atom. The first kappa shape index (κ1) is 15.9. The number of nitro benzene ring substituents is 1. The predicted octanol–water partition coefficient (Wildman–Crippen LogP) is 1.53. The number of rotatable bonds is 7. The van der Waals surface area contributed by atoms with Gasteiger partial charge in [-0.1, -0.05) is 0 Å². The van der Waals surface area contributed by atoms with Crippen LogP contribution in [0.4, 0.5) is 11.4 Å². The molecule has 0 aliphatic heterocycles. The first-order valence-corrected chi connectivity index (χ1v) is 6.38. The number of anilines is 1. The Morgan fingerprint density at radius 2 is 2.20 bits per heavy atom. The molecule has 0 saturated carbocycles. The molecule has 1 aromatic carbocycles. The Labute approximate surface area is 117 Å². The zero-order valence-corrected chi connectivity index (χ0v) is 11.5. The summed E-state index contributed by atoms with van der Waals surface area (Å²) in [6.07, 6.45) is 0.888. The smallest absolute Gasteiger partial charge is 0.292 e. The third kappa shape index (κ3) is 4.51. The van der Waals surface area contributed by atoms with Gasteiger partial charge < -0.3 is 15.7 Å². The van der Waals surface area contributed by atoms with Crippen LogP contribution in [0.5, 0.6) is 0 Å². The molecule has 0 aliphatic carbocycles. The van der Waals surface area contributed by atoms with E-state index in [9.17, 15) is 14.9 Å². The fourth-order valence-electron chi connectivity index (χ4n) is 1.74. The number of benzene rings is 1. The van der Waals surface area contributed by atoms with Crippen molar-refractivity contribution in [3.8, 4) is 0 Å². The van der Waals surface area contributed by atoms with E-state index in [1.165, 1.54) is 25.2 Å². The number of nitro groups is 1. The Balaban J connectivity index is 2.83. The van der Waals surface area contributed by atoms with Crippen molar-refractivity contribution in [3.63, 3.8) is 0 Å². The number of nitrogens with zero attached hydrogens (tertiary/aromatic N) is 1. The van der Waals surface area contributed by atoms with Gasteiger partial charge >= 0.3 is 0 Å². The minimum absolute atomic E-state index is 0.0744. The largest absolute Gasteiger partial charge is 0.393 e. The molecule has 1 aromatic rings. The number of hydrogen-bond donors (Lipinski definition) is 3. The molecular formula is C13H19N3O4. The van der Waals surface area contributed by atoms with Crippen molar-refractivity contribution in [2.24, 2.45) is 0 Å². The maximum atomic E-state index is 11.5. The van der Waals surface area contributed by atoms with Gasteiger partial charge in [0.25, 0.3) is 11.6 Å². The molecule has 7 nitrogen and oxygen atoms in total. The molecule has 0 heterocycles. The van der Waals surface area contributed by atoms with Crippen LogP contribution in [0.2, 0.25) is 0 Å². The van der Waals surface area contributed by atoms with Crippen molar-refractivity contribution >= 4 is 17.3 Å². The molecule has 0 aromatic heterocycles. The first-order chi connectivity index (χ1) is 9.45. The molecule has 110 valence electrons. The molecular weight excluding hydrogens is 262 g/mol. The third-order valence-corrected chi connectivity index (χ3v) is 2.80. The fraction of sp³-hybridized carbons (Fsp3) is 0.462. The molecule has 1 atom stereocenters. The molecule has 3 N–H and O–H groups in total. The molecule has 0 spiro atoms. The topological polar surface area (TPSA) is 104 Å². The lowest BCUT2D eigenvalue weighted by molar-refractivity contribution is -0.384. The zero-order chi connectivity index (χ0) is 15.1. The summed E-state index contributed by atoms with van der Waals surface area (Å²) in [4.78, 5) is 22.0. The highest BCUT2D eigenvalue weighted by atomic mass is 16.6. The Morgan fingerprint density at radius 3 is 2.75 bits per heavy atom. The van der Waals surface area contributed by atoms with Crippen LogP contribution in [0.1, 0.15) is 30.1 Å². The number of aliphatic hydroxyl groups is 1. The summed E-state index contributed by atoms with van der Waals surface area (Å²) in [7, 11) is 1.50. The molecule has 1 unspecified atom stereocenters. The minimum atomic E-state index is -0.495. The Kier molecular flexibility index (Phi) is 5.92. The van der Waals surface area contributed by atoms with E-state index < -0.39 is 11.0 Å². The lowest BCUT2D eigenvalue weighted by atomic mass is 10.1. The van der Waals surface area contributed by atoms with Crippen LogP contribution in [0, 0.1) is 10.1 Å². The highest BCUT2D eigenvalue weighted by Crippen LogP contribution is 2.25. The van der Waals surface area contributed by atoms with Crippen molar-refractivity contribution in [1.29, 1.82) is 0 Å². The van der Waals surface area contributed by atoms with Crippen molar-refractivity contribution in [1.82, 2.24) is 5.32 Å². The molecule has 0 bridgehead atoms. The van der Waals surface area contributed by atoms with Crippen LogP contribution in [0.25, 0.3) is 0 Å². The molecule has 1 amide bonds. The lowest BCUT2D eigenvalue weighted by Gasteiger charge is -2.09. The van der Waals surface area contributed by atoms with Crippen molar-refractivity contribution in [2.45, 2.75) is 25.9 Å². The summed E-state index contributed by atoms with van der Waals surface area (Å²) >= 11 is 0. The highest BCUT2D eigenvalue weighted by Gasteiger charge is 2.16. The van der Waals surface area contributed by atoms with E-state index in [4.69, 9.17) is 5.11 Å². The Hall–Kier alpha value is -2.15. The molecule has 0 saturated heterocycles. The van der Waals surface area contributed by atoms with Gasteiger partial charge in [-0.2, -0.15) is 0 Å². The minimum Gasteiger partial charge on any atom is -0.393 e. The summed E-state index contributed by atoms with van der Waals surface area (Å²) in [5.74, 6) is -0.299. The summed E-state index contributed by atoms with van der Waals surface area (Å²) in [5.41, 5.74) is 0.590. The van der Waals surface area contributed by atoms with Gasteiger partial charge in [0, 0.05) is 25.2 Å². The number of hydrogen-bond acceptors (Lipinski definition) is 5. The summed E-state index contributed by atoms with van der Waals surface area (Å²) in [6.45, 7) is 2.18. The van der Waals surface area contributed by atoms with Gasteiger partial charge in [-0.05, 0) is 31.9 Å². The molecule has 0 radical (unpaired) electrons. The third-order valence-electron chi connectivity index (χ3n) is 2.80. The van der Waals surface area contributed by atoms with Crippen molar-refractivity contribution in [3.05, 3.63) is 33.9 Å². The maximum Gasteiger partial charge on any atom is 0.292 e. The van der Waals surface area contributed by atoms with Gasteiger partial charge in [0.15, 0.2) is 0 Å². The van der Waals surface area contributed by atoms with Gasteiger partial charge in [0.05, 0.1) is 11.0 Å². The number of aliphatic hydroxyl groups excluding tert-OH is 1. The zero-order valence-electron chi connectivity index (χ0n) is 11.5. The Bertz CT molecular complexity index is 489. The van der Waals surface area contributed by atoms with E-state index in [-0.39, 0.29) is 11.6 Å². The van der Waals surface area contributed by atoms with E-state index in [0.717, 1.165) is 0 Å². The molecule has 20 heavy (non-hydrogen) atoms. The quantitative estimate of drug-likeness (QED) is 0.399. The molecule has 0 aliphatic rings. The number of carbonyl (C=O) groups excluding carboxylic acids is 1. The van der Waals surface area contributed by atoms with Gasteiger partial charge in [-0.3, -0.25) is 14.9 Å². The standard InChI is InChI=1S/C13H19N3O4/c1-9(17)4-3-7-15-11-8-10(13(18)14-2)5-6-12(11)16(19)20/h5-6,8-9,15,17H,3-4,7H2,1-2H3,(H,14,18). The number of carbonyl (C=O) groups is 1. The van der Waals surface area contributed by atoms with Gasteiger partial charge in [0.2, 0.25) is 0 Å². The van der Waals surface area contributed by atoms with Gasteiger partial charge in [-0.15, -0.1) is 0 Å². The predicted molar refractivity (Wildman–Crippen MR) is 75.9 cm³/mol. The lowest BCUT2D eigenvalue weighted by Crippen LogP contribution is -2.18. The van der Waals surface area contributed by atoms with Crippen molar-refractivity contribution in [2.75, 3.05) is 18.9 Å². The van der Waals surface area contributed by atoms with Crippen LogP contribution < -0.4 is 10.6 Å².